The van der Waals surface area contributed by atoms with Crippen LogP contribution < -0.4 is 15.5 Å². The Morgan fingerprint density at radius 2 is 2.12 bits per heavy atom. The molecule has 1 aromatic rings. The second kappa shape index (κ2) is 10.8. The molecule has 0 radical (unpaired) electrons. The van der Waals surface area contributed by atoms with E-state index in [4.69, 9.17) is 5.41 Å². The van der Waals surface area contributed by atoms with E-state index < -0.39 is 0 Å². The zero-order chi connectivity index (χ0) is 24.1. The van der Waals surface area contributed by atoms with Gasteiger partial charge in [0.25, 0.3) is 0 Å². The van der Waals surface area contributed by atoms with Crippen LogP contribution in [0.3, 0.4) is 0 Å². The van der Waals surface area contributed by atoms with E-state index in [1.807, 2.05) is 30.6 Å². The van der Waals surface area contributed by atoms with Crippen LogP contribution in [0.15, 0.2) is 66.8 Å². The number of likely N-dealkylation sites (N-methyl/N-ethyl adjacent to an activating group) is 1. The maximum Gasteiger partial charge on any atom is 0.128 e. The number of allylic oxidation sites excluding steroid dienone is 1. The van der Waals surface area contributed by atoms with Crippen molar-refractivity contribution in [1.29, 1.82) is 5.41 Å². The summed E-state index contributed by atoms with van der Waals surface area (Å²) in [6.07, 6.45) is 15.5. The highest BCUT2D eigenvalue weighted by Gasteiger charge is 2.25. The standard InChI is InChI=1S/C27H39N7/c1-5-23(21-11-13-29-27(17-21)34-16-12-20(3)19-34)32(4)24(6-2)22-18-30-26(31-22)10-9-25(28)33-14-7-8-15-33/h5-6,9-11,13,17-18,20,23,26,28,30-31H,1,7-8,12,14-16,19H2,2-4H3/b10-9-,24-6-,28-25?. The molecule has 4 heterocycles. The van der Waals surface area contributed by atoms with E-state index in [0.29, 0.717) is 11.8 Å². The number of hydrogen-bond acceptors (Lipinski definition) is 6. The number of hydrogen-bond donors (Lipinski definition) is 3. The van der Waals surface area contributed by atoms with Crippen LogP contribution in [-0.4, -0.2) is 60.0 Å². The lowest BCUT2D eigenvalue weighted by molar-refractivity contribution is 0.362. The second-order valence-corrected chi connectivity index (χ2v) is 9.54. The van der Waals surface area contributed by atoms with Crippen LogP contribution in [0.1, 0.15) is 44.7 Å². The SMILES string of the molecule is C=CC(c1ccnc(N2CCC(C)C2)c1)N(C)/C(=C\C)C1=CNC(/C=C\C(=N)N2CCCC2)N1. The summed E-state index contributed by atoms with van der Waals surface area (Å²) in [6.45, 7) is 12.6. The van der Waals surface area contributed by atoms with E-state index in [2.05, 4.69) is 76.0 Å². The molecular weight excluding hydrogens is 422 g/mol. The molecule has 3 unspecified atom stereocenters. The number of anilines is 1. The van der Waals surface area contributed by atoms with Gasteiger partial charge in [0.1, 0.15) is 17.8 Å². The summed E-state index contributed by atoms with van der Waals surface area (Å²) in [5, 5.41) is 15.2. The molecule has 3 aliphatic heterocycles. The smallest absolute Gasteiger partial charge is 0.128 e. The van der Waals surface area contributed by atoms with Crippen molar-refractivity contribution in [3.8, 4) is 0 Å². The fourth-order valence-electron chi connectivity index (χ4n) is 5.08. The van der Waals surface area contributed by atoms with Gasteiger partial charge in [0.05, 0.1) is 17.4 Å². The molecular formula is C27H39N7. The molecule has 7 heteroatoms. The molecule has 3 atom stereocenters. The summed E-state index contributed by atoms with van der Waals surface area (Å²) < 4.78 is 0. The Balaban J connectivity index is 1.42. The number of amidine groups is 1. The zero-order valence-electron chi connectivity index (χ0n) is 20.8. The number of rotatable bonds is 8. The maximum absolute atomic E-state index is 8.28. The van der Waals surface area contributed by atoms with Gasteiger partial charge in [0, 0.05) is 45.6 Å². The van der Waals surface area contributed by atoms with Crippen LogP contribution in [0, 0.1) is 11.3 Å². The minimum Gasteiger partial charge on any atom is -0.366 e. The summed E-state index contributed by atoms with van der Waals surface area (Å²) in [6, 6.07) is 4.32. The van der Waals surface area contributed by atoms with E-state index in [9.17, 15) is 0 Å². The van der Waals surface area contributed by atoms with E-state index in [0.717, 1.165) is 43.4 Å². The molecule has 0 saturated carbocycles. The molecule has 0 aliphatic carbocycles. The summed E-state index contributed by atoms with van der Waals surface area (Å²) in [4.78, 5) is 11.4. The van der Waals surface area contributed by atoms with Crippen molar-refractivity contribution < 1.29 is 0 Å². The maximum atomic E-state index is 8.28. The highest BCUT2D eigenvalue weighted by molar-refractivity contribution is 5.90. The van der Waals surface area contributed by atoms with E-state index in [-0.39, 0.29) is 12.2 Å². The monoisotopic (exact) mass is 461 g/mol. The fraction of sp³-hybridized carbons (Fsp3) is 0.481. The second-order valence-electron chi connectivity index (χ2n) is 9.54. The first kappa shape index (κ1) is 23.9. The van der Waals surface area contributed by atoms with Gasteiger partial charge in [-0.25, -0.2) is 4.98 Å². The average Bonchev–Trinajstić information content (AvgIpc) is 3.61. The van der Waals surface area contributed by atoms with Crippen LogP contribution in [0.25, 0.3) is 0 Å². The van der Waals surface area contributed by atoms with Gasteiger partial charge in [-0.3, -0.25) is 5.41 Å². The molecule has 182 valence electrons. The summed E-state index contributed by atoms with van der Waals surface area (Å²) in [5.74, 6) is 2.35. The Morgan fingerprint density at radius 1 is 1.32 bits per heavy atom. The highest BCUT2D eigenvalue weighted by Crippen LogP contribution is 2.30. The van der Waals surface area contributed by atoms with E-state index in [1.165, 1.54) is 24.8 Å². The molecule has 1 aromatic heterocycles. The molecule has 0 bridgehead atoms. The predicted octanol–water partition coefficient (Wildman–Crippen LogP) is 3.98. The molecule has 2 saturated heterocycles. The van der Waals surface area contributed by atoms with Crippen LogP contribution >= 0.6 is 0 Å². The quantitative estimate of drug-likeness (QED) is 0.309. The Labute approximate surface area is 204 Å². The third kappa shape index (κ3) is 5.29. The number of aromatic nitrogens is 1. The molecule has 34 heavy (non-hydrogen) atoms. The topological polar surface area (TPSA) is 70.5 Å². The molecule has 0 aromatic carbocycles. The van der Waals surface area contributed by atoms with Crippen molar-refractivity contribution in [2.45, 2.75) is 45.3 Å². The first-order chi connectivity index (χ1) is 16.5. The molecule has 0 amide bonds. The third-order valence-electron chi connectivity index (χ3n) is 7.04. The molecule has 3 N–H and O–H groups in total. The number of pyridine rings is 1. The van der Waals surface area contributed by atoms with Gasteiger partial charge in [0.15, 0.2) is 0 Å². The minimum absolute atomic E-state index is 0.0219. The third-order valence-corrected chi connectivity index (χ3v) is 7.04. The molecule has 7 nitrogen and oxygen atoms in total. The molecule has 0 spiro atoms. The number of likely N-dealkylation sites (tertiary alicyclic amines) is 1. The van der Waals surface area contributed by atoms with Gasteiger partial charge in [0.2, 0.25) is 0 Å². The Hall–Kier alpha value is -3.22. The van der Waals surface area contributed by atoms with E-state index in [1.54, 1.807) is 0 Å². The van der Waals surface area contributed by atoms with Gasteiger partial charge in [-0.2, -0.15) is 0 Å². The summed E-state index contributed by atoms with van der Waals surface area (Å²) >= 11 is 0. The van der Waals surface area contributed by atoms with E-state index >= 15 is 0 Å². The van der Waals surface area contributed by atoms with Crippen molar-refractivity contribution in [2.75, 3.05) is 38.1 Å². The Morgan fingerprint density at radius 3 is 2.79 bits per heavy atom. The average molecular weight is 462 g/mol. The lowest BCUT2D eigenvalue weighted by Crippen LogP contribution is -2.33. The van der Waals surface area contributed by atoms with Gasteiger partial charge in [-0.05, 0) is 62.0 Å². The van der Waals surface area contributed by atoms with Gasteiger partial charge in [-0.15, -0.1) is 6.58 Å². The van der Waals surface area contributed by atoms with Crippen molar-refractivity contribution in [3.63, 3.8) is 0 Å². The van der Waals surface area contributed by atoms with Gasteiger partial charge >= 0.3 is 0 Å². The van der Waals surface area contributed by atoms with Gasteiger partial charge < -0.3 is 25.3 Å². The minimum atomic E-state index is -0.0341. The van der Waals surface area contributed by atoms with Crippen LogP contribution in [0.5, 0.6) is 0 Å². The Bertz CT molecular complexity index is 973. The number of nitrogens with zero attached hydrogens (tertiary/aromatic N) is 4. The lowest BCUT2D eigenvalue weighted by Gasteiger charge is -2.31. The van der Waals surface area contributed by atoms with Crippen LogP contribution in [0.4, 0.5) is 5.82 Å². The predicted molar refractivity (Wildman–Crippen MR) is 141 cm³/mol. The van der Waals surface area contributed by atoms with Crippen molar-refractivity contribution >= 4 is 11.7 Å². The van der Waals surface area contributed by atoms with Gasteiger partial charge in [-0.1, -0.05) is 19.1 Å². The normalized spacial score (nSPS) is 23.6. The Kier molecular flexibility index (Phi) is 7.60. The molecule has 3 aliphatic rings. The van der Waals surface area contributed by atoms with Crippen molar-refractivity contribution in [1.82, 2.24) is 25.4 Å². The fourth-order valence-corrected chi connectivity index (χ4v) is 5.08. The number of nitrogens with one attached hydrogen (secondary N) is 3. The van der Waals surface area contributed by atoms with Crippen molar-refractivity contribution in [3.05, 3.63) is 72.4 Å². The zero-order valence-corrected chi connectivity index (χ0v) is 20.8. The highest BCUT2D eigenvalue weighted by atomic mass is 15.2. The first-order valence-corrected chi connectivity index (χ1v) is 12.5. The van der Waals surface area contributed by atoms with Crippen LogP contribution in [-0.2, 0) is 0 Å². The lowest BCUT2D eigenvalue weighted by atomic mass is 10.1. The largest absolute Gasteiger partial charge is 0.366 e. The molecule has 2 fully saturated rings. The van der Waals surface area contributed by atoms with Crippen molar-refractivity contribution in [2.24, 2.45) is 5.92 Å². The first-order valence-electron chi connectivity index (χ1n) is 12.5. The summed E-state index contributed by atoms with van der Waals surface area (Å²) in [7, 11) is 2.11. The molecule has 4 rings (SSSR count). The summed E-state index contributed by atoms with van der Waals surface area (Å²) in [5.41, 5.74) is 3.31. The van der Waals surface area contributed by atoms with Crippen LogP contribution in [0.2, 0.25) is 0 Å².